The monoisotopic (exact) mass is 309 g/mol. The highest BCUT2D eigenvalue weighted by molar-refractivity contribution is 8.01. The number of hydrogen-bond donors (Lipinski definition) is 0. The van der Waals surface area contributed by atoms with E-state index in [0.29, 0.717) is 14.2 Å². The standard InChI is InChI=1S/C12H11N3O3S2/c1-6-4-7(2)14-12(13-6)20-11-9(15(17)18)5-10(19-11)8(3)16/h4-5H,1-3H3. The minimum absolute atomic E-state index is 0.0760. The van der Waals surface area contributed by atoms with Crippen LogP contribution in [-0.4, -0.2) is 20.7 Å². The second-order valence-corrected chi connectivity index (χ2v) is 6.42. The van der Waals surface area contributed by atoms with Gasteiger partial charge in [0.25, 0.3) is 5.69 Å². The quantitative estimate of drug-likeness (QED) is 0.372. The molecule has 0 bridgehead atoms. The summed E-state index contributed by atoms with van der Waals surface area (Å²) in [4.78, 5) is 30.7. The van der Waals surface area contributed by atoms with Gasteiger partial charge in [-0.2, -0.15) is 0 Å². The van der Waals surface area contributed by atoms with E-state index in [0.717, 1.165) is 34.5 Å². The zero-order valence-electron chi connectivity index (χ0n) is 11.0. The number of carbonyl (C=O) groups is 1. The zero-order valence-corrected chi connectivity index (χ0v) is 12.7. The van der Waals surface area contributed by atoms with E-state index in [1.165, 1.54) is 13.0 Å². The molecule has 104 valence electrons. The summed E-state index contributed by atoms with van der Waals surface area (Å²) in [6, 6.07) is 3.13. The topological polar surface area (TPSA) is 86.0 Å². The van der Waals surface area contributed by atoms with Crippen molar-refractivity contribution >= 4 is 34.6 Å². The highest BCUT2D eigenvalue weighted by Gasteiger charge is 2.22. The largest absolute Gasteiger partial charge is 0.294 e. The molecule has 0 aliphatic rings. The Morgan fingerprint density at radius 2 is 1.90 bits per heavy atom. The fourth-order valence-corrected chi connectivity index (χ4v) is 3.76. The van der Waals surface area contributed by atoms with E-state index < -0.39 is 4.92 Å². The van der Waals surface area contributed by atoms with Crippen LogP contribution in [-0.2, 0) is 0 Å². The first-order valence-electron chi connectivity index (χ1n) is 5.66. The molecular weight excluding hydrogens is 298 g/mol. The Morgan fingerprint density at radius 1 is 1.30 bits per heavy atom. The maximum Gasteiger partial charge on any atom is 0.294 e. The average molecular weight is 309 g/mol. The molecule has 0 saturated carbocycles. The van der Waals surface area contributed by atoms with Crippen molar-refractivity contribution in [1.82, 2.24) is 9.97 Å². The first-order valence-corrected chi connectivity index (χ1v) is 7.29. The molecule has 2 aromatic rings. The number of aromatic nitrogens is 2. The molecule has 20 heavy (non-hydrogen) atoms. The first kappa shape index (κ1) is 14.6. The van der Waals surface area contributed by atoms with Crippen molar-refractivity contribution < 1.29 is 9.72 Å². The molecule has 0 radical (unpaired) electrons. The van der Waals surface area contributed by atoms with Gasteiger partial charge in [-0.15, -0.1) is 11.3 Å². The van der Waals surface area contributed by atoms with Crippen molar-refractivity contribution in [3.05, 3.63) is 38.5 Å². The number of Topliss-reactive ketones (excluding diaryl/α,β-unsaturated/α-hetero) is 1. The first-order chi connectivity index (χ1) is 9.36. The Kier molecular flexibility index (Phi) is 4.15. The Labute approximate surface area is 123 Å². The van der Waals surface area contributed by atoms with Gasteiger partial charge >= 0.3 is 0 Å². The van der Waals surface area contributed by atoms with Crippen LogP contribution in [0.5, 0.6) is 0 Å². The lowest BCUT2D eigenvalue weighted by atomic mass is 10.3. The molecule has 0 aliphatic carbocycles. The molecule has 2 rings (SSSR count). The van der Waals surface area contributed by atoms with Crippen LogP contribution < -0.4 is 0 Å². The van der Waals surface area contributed by atoms with Crippen molar-refractivity contribution in [2.75, 3.05) is 0 Å². The number of nitro groups is 1. The molecule has 0 saturated heterocycles. The number of carbonyl (C=O) groups excluding carboxylic acids is 1. The minimum Gasteiger partial charge on any atom is -0.294 e. The molecule has 2 heterocycles. The van der Waals surface area contributed by atoms with Crippen LogP contribution in [0, 0.1) is 24.0 Å². The van der Waals surface area contributed by atoms with Crippen molar-refractivity contribution in [1.29, 1.82) is 0 Å². The fraction of sp³-hybridized carbons (Fsp3) is 0.250. The second-order valence-electron chi connectivity index (χ2n) is 4.13. The number of nitrogens with zero attached hydrogens (tertiary/aromatic N) is 3. The lowest BCUT2D eigenvalue weighted by Gasteiger charge is -2.00. The Bertz CT molecular complexity index is 677. The van der Waals surface area contributed by atoms with Gasteiger partial charge < -0.3 is 0 Å². The summed E-state index contributed by atoms with van der Waals surface area (Å²) in [7, 11) is 0. The molecular formula is C12H11N3O3S2. The molecule has 6 nitrogen and oxygen atoms in total. The second kappa shape index (κ2) is 5.68. The molecule has 0 aliphatic heterocycles. The maximum atomic E-state index is 11.3. The Morgan fingerprint density at radius 3 is 2.40 bits per heavy atom. The number of hydrogen-bond acceptors (Lipinski definition) is 7. The fourth-order valence-electron chi connectivity index (χ4n) is 1.56. The van der Waals surface area contributed by atoms with Crippen LogP contribution in [0.1, 0.15) is 28.0 Å². The van der Waals surface area contributed by atoms with E-state index in [4.69, 9.17) is 0 Å². The summed E-state index contributed by atoms with van der Waals surface area (Å²) in [5.74, 6) is -0.189. The molecule has 2 aromatic heterocycles. The molecule has 0 atom stereocenters. The number of thiophene rings is 1. The van der Waals surface area contributed by atoms with Crippen molar-refractivity contribution in [3.63, 3.8) is 0 Å². The van der Waals surface area contributed by atoms with E-state index in [1.807, 2.05) is 19.9 Å². The summed E-state index contributed by atoms with van der Waals surface area (Å²) in [6.45, 7) is 5.06. The lowest BCUT2D eigenvalue weighted by molar-refractivity contribution is -0.387. The van der Waals surface area contributed by atoms with E-state index >= 15 is 0 Å². The lowest BCUT2D eigenvalue weighted by Crippen LogP contribution is -1.93. The maximum absolute atomic E-state index is 11.3. The SMILES string of the molecule is CC(=O)c1cc([N+](=O)[O-])c(Sc2nc(C)cc(C)n2)s1. The molecule has 0 unspecified atom stereocenters. The molecule has 0 spiro atoms. The number of ketones is 1. The summed E-state index contributed by atoms with van der Waals surface area (Å²) in [5, 5.41) is 11.5. The molecule has 8 heteroatoms. The van der Waals surface area contributed by atoms with Crippen LogP contribution in [0.2, 0.25) is 0 Å². The van der Waals surface area contributed by atoms with Crippen LogP contribution in [0.25, 0.3) is 0 Å². The summed E-state index contributed by atoms with van der Waals surface area (Å²) in [5.41, 5.74) is 1.52. The number of aryl methyl sites for hydroxylation is 2. The highest BCUT2D eigenvalue weighted by Crippen LogP contribution is 2.40. The minimum atomic E-state index is -0.492. The normalized spacial score (nSPS) is 10.6. The zero-order chi connectivity index (χ0) is 14.9. The molecule has 0 N–H and O–H groups in total. The average Bonchev–Trinajstić information content (AvgIpc) is 2.71. The van der Waals surface area contributed by atoms with Crippen LogP contribution >= 0.6 is 23.1 Å². The van der Waals surface area contributed by atoms with Gasteiger partial charge in [-0.3, -0.25) is 14.9 Å². The Balaban J connectivity index is 2.41. The molecule has 0 fully saturated rings. The van der Waals surface area contributed by atoms with E-state index in [2.05, 4.69) is 9.97 Å². The van der Waals surface area contributed by atoms with Gasteiger partial charge in [0, 0.05) is 17.5 Å². The van der Waals surface area contributed by atoms with Gasteiger partial charge in [0.2, 0.25) is 0 Å². The van der Waals surface area contributed by atoms with Crippen molar-refractivity contribution in [3.8, 4) is 0 Å². The smallest absolute Gasteiger partial charge is 0.294 e. The van der Waals surface area contributed by atoms with E-state index in [1.54, 1.807) is 0 Å². The van der Waals surface area contributed by atoms with E-state index in [-0.39, 0.29) is 11.5 Å². The van der Waals surface area contributed by atoms with Gasteiger partial charge in [-0.05, 0) is 38.6 Å². The van der Waals surface area contributed by atoms with Crippen molar-refractivity contribution in [2.45, 2.75) is 30.1 Å². The third-order valence-corrected chi connectivity index (χ3v) is 4.65. The van der Waals surface area contributed by atoms with Gasteiger partial charge in [-0.1, -0.05) is 0 Å². The molecule has 0 amide bonds. The van der Waals surface area contributed by atoms with Crippen molar-refractivity contribution in [2.24, 2.45) is 0 Å². The van der Waals surface area contributed by atoms with Crippen LogP contribution in [0.3, 0.4) is 0 Å². The third-order valence-electron chi connectivity index (χ3n) is 2.37. The van der Waals surface area contributed by atoms with Crippen LogP contribution in [0.15, 0.2) is 21.5 Å². The van der Waals surface area contributed by atoms with Gasteiger partial charge in [-0.25, -0.2) is 9.97 Å². The predicted molar refractivity (Wildman–Crippen MR) is 76.6 cm³/mol. The highest BCUT2D eigenvalue weighted by atomic mass is 32.2. The predicted octanol–water partition coefficient (Wildman–Crippen LogP) is 3.42. The molecule has 0 aromatic carbocycles. The van der Waals surface area contributed by atoms with Gasteiger partial charge in [0.15, 0.2) is 10.9 Å². The van der Waals surface area contributed by atoms with E-state index in [9.17, 15) is 14.9 Å². The Hall–Kier alpha value is -1.80. The summed E-state index contributed by atoms with van der Waals surface area (Å²) in [6.07, 6.45) is 0. The van der Waals surface area contributed by atoms with Crippen LogP contribution in [0.4, 0.5) is 5.69 Å². The van der Waals surface area contributed by atoms with Gasteiger partial charge in [0.1, 0.15) is 4.21 Å². The third kappa shape index (κ3) is 3.20. The van der Waals surface area contributed by atoms with Gasteiger partial charge in [0.05, 0.1) is 9.80 Å². The number of rotatable bonds is 4. The summed E-state index contributed by atoms with van der Waals surface area (Å²) < 4.78 is 0.421. The summed E-state index contributed by atoms with van der Waals surface area (Å²) >= 11 is 2.21.